The molecule has 1 fully saturated rings. The van der Waals surface area contributed by atoms with Crippen molar-refractivity contribution in [3.8, 4) is 5.75 Å². The molecule has 0 aromatic heterocycles. The Hall–Kier alpha value is -0.710. The van der Waals surface area contributed by atoms with Crippen LogP contribution >= 0.6 is 11.8 Å². The van der Waals surface area contributed by atoms with E-state index in [0.29, 0.717) is 11.3 Å². The first-order valence-electron chi connectivity index (χ1n) is 7.99. The van der Waals surface area contributed by atoms with Crippen molar-refractivity contribution in [3.63, 3.8) is 0 Å². The van der Waals surface area contributed by atoms with Crippen molar-refractivity contribution in [2.24, 2.45) is 0 Å². The second-order valence-electron chi connectivity index (χ2n) is 5.42. The van der Waals surface area contributed by atoms with E-state index in [1.165, 1.54) is 5.56 Å². The van der Waals surface area contributed by atoms with Crippen molar-refractivity contribution >= 4 is 11.8 Å². The van der Waals surface area contributed by atoms with Gasteiger partial charge in [0.2, 0.25) is 0 Å². The van der Waals surface area contributed by atoms with Gasteiger partial charge in [0.1, 0.15) is 5.75 Å². The fourth-order valence-electron chi connectivity index (χ4n) is 2.15. The number of hydrogen-bond donors (Lipinski definition) is 1. The van der Waals surface area contributed by atoms with Gasteiger partial charge in [0.15, 0.2) is 0 Å². The molecule has 1 heterocycles. The van der Waals surface area contributed by atoms with E-state index in [0.717, 1.165) is 50.7 Å². The molecule has 0 aliphatic carbocycles. The molecule has 118 valence electrons. The molecule has 1 aliphatic heterocycles. The summed E-state index contributed by atoms with van der Waals surface area (Å²) < 4.78 is 10.9. The Balaban J connectivity index is 1.90. The van der Waals surface area contributed by atoms with Gasteiger partial charge in [-0.05, 0) is 37.1 Å². The van der Waals surface area contributed by atoms with E-state index in [2.05, 4.69) is 43.4 Å². The molecule has 1 aromatic carbocycles. The van der Waals surface area contributed by atoms with Crippen LogP contribution in [0.5, 0.6) is 5.75 Å². The molecule has 1 atom stereocenters. The maximum atomic E-state index is 5.65. The second-order valence-corrected chi connectivity index (χ2v) is 6.75. The second kappa shape index (κ2) is 9.34. The largest absolute Gasteiger partial charge is 0.494 e. The Kier molecular flexibility index (Phi) is 7.41. The van der Waals surface area contributed by atoms with Crippen LogP contribution in [0.4, 0.5) is 0 Å². The summed E-state index contributed by atoms with van der Waals surface area (Å²) in [7, 11) is 0. The Labute approximate surface area is 132 Å². The highest BCUT2D eigenvalue weighted by Gasteiger charge is 2.21. The number of rotatable bonds is 10. The lowest BCUT2D eigenvalue weighted by Crippen LogP contribution is -2.32. The van der Waals surface area contributed by atoms with Gasteiger partial charge in [0.05, 0.1) is 25.1 Å². The summed E-state index contributed by atoms with van der Waals surface area (Å²) in [5.41, 5.74) is 1.35. The first kappa shape index (κ1) is 16.7. The van der Waals surface area contributed by atoms with E-state index in [1.54, 1.807) is 0 Å². The fraction of sp³-hybridized carbons (Fsp3) is 0.647. The lowest BCUT2D eigenvalue weighted by Gasteiger charge is -2.28. The molecule has 4 heteroatoms. The van der Waals surface area contributed by atoms with Crippen molar-refractivity contribution < 1.29 is 9.47 Å². The molecule has 1 aliphatic rings. The van der Waals surface area contributed by atoms with Gasteiger partial charge in [0, 0.05) is 11.8 Å². The van der Waals surface area contributed by atoms with Crippen LogP contribution in [0.25, 0.3) is 0 Å². The molecular weight excluding hydrogens is 282 g/mol. The van der Waals surface area contributed by atoms with Crippen LogP contribution < -0.4 is 10.1 Å². The van der Waals surface area contributed by atoms with Crippen molar-refractivity contribution in [3.05, 3.63) is 29.8 Å². The van der Waals surface area contributed by atoms with Crippen LogP contribution in [0.1, 0.15) is 38.3 Å². The van der Waals surface area contributed by atoms with Crippen LogP contribution in [0.2, 0.25) is 0 Å². The first-order valence-corrected chi connectivity index (χ1v) is 9.03. The van der Waals surface area contributed by atoms with Crippen molar-refractivity contribution in [2.45, 2.75) is 38.0 Å². The number of ether oxygens (including phenoxy) is 2. The quantitative estimate of drug-likeness (QED) is 0.715. The number of nitrogens with one attached hydrogen (secondary N) is 1. The summed E-state index contributed by atoms with van der Waals surface area (Å²) in [4.78, 5) is 0. The van der Waals surface area contributed by atoms with Gasteiger partial charge in [0.25, 0.3) is 0 Å². The third-order valence-corrected chi connectivity index (χ3v) is 4.77. The zero-order valence-electron chi connectivity index (χ0n) is 13.1. The molecule has 1 N–H and O–H groups in total. The highest BCUT2D eigenvalue weighted by atomic mass is 32.2. The molecule has 0 saturated carbocycles. The monoisotopic (exact) mass is 309 g/mol. The molecule has 3 nitrogen and oxygen atoms in total. The normalized spacial score (nSPS) is 16.5. The van der Waals surface area contributed by atoms with Gasteiger partial charge in [-0.15, -0.1) is 0 Å². The number of benzene rings is 1. The van der Waals surface area contributed by atoms with Crippen LogP contribution in [-0.2, 0) is 4.74 Å². The SMILES string of the molecule is CCCNC(CSC1COC1)c1ccc(OCCC)cc1. The van der Waals surface area contributed by atoms with Crippen LogP contribution in [-0.4, -0.2) is 37.4 Å². The summed E-state index contributed by atoms with van der Waals surface area (Å²) >= 11 is 2.02. The summed E-state index contributed by atoms with van der Waals surface area (Å²) in [5.74, 6) is 2.07. The predicted molar refractivity (Wildman–Crippen MR) is 90.3 cm³/mol. The van der Waals surface area contributed by atoms with Gasteiger partial charge < -0.3 is 14.8 Å². The highest BCUT2D eigenvalue weighted by Crippen LogP contribution is 2.26. The van der Waals surface area contributed by atoms with Crippen LogP contribution in [0.15, 0.2) is 24.3 Å². The first-order chi connectivity index (χ1) is 10.3. The minimum atomic E-state index is 0.413. The fourth-order valence-corrected chi connectivity index (χ4v) is 3.31. The maximum absolute atomic E-state index is 5.65. The van der Waals surface area contributed by atoms with E-state index in [9.17, 15) is 0 Å². The summed E-state index contributed by atoms with van der Waals surface area (Å²) in [5, 5.41) is 4.33. The van der Waals surface area contributed by atoms with Crippen molar-refractivity contribution in [1.82, 2.24) is 5.32 Å². The van der Waals surface area contributed by atoms with Gasteiger partial charge in [-0.25, -0.2) is 0 Å². The lowest BCUT2D eigenvalue weighted by atomic mass is 10.1. The number of hydrogen-bond acceptors (Lipinski definition) is 4. The smallest absolute Gasteiger partial charge is 0.119 e. The predicted octanol–water partition coefficient (Wildman–Crippen LogP) is 3.65. The minimum absolute atomic E-state index is 0.413. The molecule has 0 amide bonds. The molecular formula is C17H27NO2S. The van der Waals surface area contributed by atoms with Crippen LogP contribution in [0.3, 0.4) is 0 Å². The molecule has 1 unspecified atom stereocenters. The lowest BCUT2D eigenvalue weighted by molar-refractivity contribution is 0.0455. The molecule has 1 aromatic rings. The molecule has 0 bridgehead atoms. The zero-order valence-corrected chi connectivity index (χ0v) is 14.0. The Bertz CT molecular complexity index is 392. The van der Waals surface area contributed by atoms with Crippen molar-refractivity contribution in [1.29, 1.82) is 0 Å². The zero-order chi connectivity index (χ0) is 14.9. The summed E-state index contributed by atoms with van der Waals surface area (Å²) in [6.45, 7) is 8.00. The third-order valence-electron chi connectivity index (χ3n) is 3.50. The molecule has 2 rings (SSSR count). The summed E-state index contributed by atoms with van der Waals surface area (Å²) in [6, 6.07) is 8.97. The average molecular weight is 309 g/mol. The molecule has 1 saturated heterocycles. The van der Waals surface area contributed by atoms with Crippen LogP contribution in [0, 0.1) is 0 Å². The van der Waals surface area contributed by atoms with E-state index in [4.69, 9.17) is 9.47 Å². The maximum Gasteiger partial charge on any atom is 0.119 e. The Morgan fingerprint density at radius 2 is 2.00 bits per heavy atom. The third kappa shape index (κ3) is 5.53. The van der Waals surface area contributed by atoms with Crippen molar-refractivity contribution in [2.75, 3.05) is 32.1 Å². The van der Waals surface area contributed by atoms with E-state index in [1.807, 2.05) is 11.8 Å². The topological polar surface area (TPSA) is 30.5 Å². The van der Waals surface area contributed by atoms with E-state index >= 15 is 0 Å². The Morgan fingerprint density at radius 1 is 1.24 bits per heavy atom. The molecule has 0 radical (unpaired) electrons. The van der Waals surface area contributed by atoms with Gasteiger partial charge in [-0.1, -0.05) is 26.0 Å². The molecule has 21 heavy (non-hydrogen) atoms. The Morgan fingerprint density at radius 3 is 2.57 bits per heavy atom. The van der Waals surface area contributed by atoms with E-state index < -0.39 is 0 Å². The van der Waals surface area contributed by atoms with Gasteiger partial charge in [-0.3, -0.25) is 0 Å². The van der Waals surface area contributed by atoms with Gasteiger partial charge >= 0.3 is 0 Å². The standard InChI is InChI=1S/C17H27NO2S/c1-3-9-18-17(13-21-16-11-19-12-16)14-5-7-15(8-6-14)20-10-4-2/h5-8,16-18H,3-4,9-13H2,1-2H3. The minimum Gasteiger partial charge on any atom is -0.494 e. The van der Waals surface area contributed by atoms with E-state index in [-0.39, 0.29) is 0 Å². The molecule has 0 spiro atoms. The highest BCUT2D eigenvalue weighted by molar-refractivity contribution is 8.00. The van der Waals surface area contributed by atoms with Gasteiger partial charge in [-0.2, -0.15) is 11.8 Å². The summed E-state index contributed by atoms with van der Waals surface area (Å²) in [6.07, 6.45) is 2.20. The number of thioether (sulfide) groups is 1. The average Bonchev–Trinajstić information content (AvgIpc) is 2.47.